The monoisotopic (exact) mass is 299 g/mol. The van der Waals surface area contributed by atoms with Gasteiger partial charge in [0.2, 0.25) is 0 Å². The first-order chi connectivity index (χ1) is 9.77. The van der Waals surface area contributed by atoms with E-state index < -0.39 is 29.9 Å². The van der Waals surface area contributed by atoms with E-state index >= 15 is 0 Å². The molecule has 0 unspecified atom stereocenters. The molecule has 0 aliphatic heterocycles. The molecule has 7 heteroatoms. The van der Waals surface area contributed by atoms with Gasteiger partial charge in [-0.15, -0.1) is 0 Å². The average molecular weight is 299 g/mol. The summed E-state index contributed by atoms with van der Waals surface area (Å²) in [5, 5.41) is 8.67. The number of aliphatic carboxylic acids is 1. The molecule has 1 aromatic carbocycles. The Labute approximate surface area is 116 Å². The van der Waals surface area contributed by atoms with Gasteiger partial charge in [-0.3, -0.25) is 9.78 Å². The second kappa shape index (κ2) is 5.51. The predicted octanol–water partition coefficient (Wildman–Crippen LogP) is 3.53. The van der Waals surface area contributed by atoms with Gasteiger partial charge >= 0.3 is 12.1 Å². The number of benzene rings is 1. The Kier molecular flexibility index (Phi) is 3.93. The Balaban J connectivity index is 2.36. The van der Waals surface area contributed by atoms with Gasteiger partial charge in [0.1, 0.15) is 5.82 Å². The summed E-state index contributed by atoms with van der Waals surface area (Å²) in [7, 11) is 0. The minimum absolute atomic E-state index is 0.0765. The number of aromatic nitrogens is 1. The lowest BCUT2D eigenvalue weighted by atomic mass is 10.1. The number of alkyl halides is 3. The van der Waals surface area contributed by atoms with E-state index in [1.54, 1.807) is 0 Å². The van der Waals surface area contributed by atoms with Crippen LogP contribution in [0.2, 0.25) is 0 Å². The highest BCUT2D eigenvalue weighted by atomic mass is 19.4. The van der Waals surface area contributed by atoms with Crippen LogP contribution >= 0.6 is 0 Å². The van der Waals surface area contributed by atoms with E-state index in [4.69, 9.17) is 5.11 Å². The van der Waals surface area contributed by atoms with E-state index in [0.717, 1.165) is 18.3 Å². The van der Waals surface area contributed by atoms with Crippen LogP contribution in [0.5, 0.6) is 0 Å². The van der Waals surface area contributed by atoms with E-state index in [1.165, 1.54) is 18.2 Å². The Morgan fingerprint density at radius 1 is 1.19 bits per heavy atom. The van der Waals surface area contributed by atoms with Gasteiger partial charge in [-0.2, -0.15) is 13.2 Å². The average Bonchev–Trinajstić information content (AvgIpc) is 2.40. The molecule has 1 N–H and O–H groups in total. The van der Waals surface area contributed by atoms with Crippen LogP contribution in [0.1, 0.15) is 11.1 Å². The first kappa shape index (κ1) is 15.0. The number of hydrogen-bond donors (Lipinski definition) is 1. The van der Waals surface area contributed by atoms with Crippen LogP contribution in [0.4, 0.5) is 17.6 Å². The largest absolute Gasteiger partial charge is 0.481 e. The third-order valence-electron chi connectivity index (χ3n) is 2.78. The first-order valence-electron chi connectivity index (χ1n) is 5.81. The van der Waals surface area contributed by atoms with Gasteiger partial charge in [0.15, 0.2) is 0 Å². The van der Waals surface area contributed by atoms with Crippen LogP contribution in [-0.2, 0) is 17.4 Å². The Bertz CT molecular complexity index is 666. The Morgan fingerprint density at radius 3 is 2.33 bits per heavy atom. The summed E-state index contributed by atoms with van der Waals surface area (Å²) in [5.41, 5.74) is -0.331. The Hall–Kier alpha value is -2.44. The normalized spacial score (nSPS) is 11.4. The molecule has 0 aliphatic carbocycles. The molecule has 1 heterocycles. The second-order valence-corrected chi connectivity index (χ2v) is 4.31. The van der Waals surface area contributed by atoms with Crippen molar-refractivity contribution in [2.75, 3.05) is 0 Å². The molecule has 0 bridgehead atoms. The summed E-state index contributed by atoms with van der Waals surface area (Å²) in [6.45, 7) is 0. The number of pyridine rings is 1. The molecule has 0 atom stereocenters. The van der Waals surface area contributed by atoms with Crippen LogP contribution in [0.25, 0.3) is 11.3 Å². The molecule has 1 aromatic heterocycles. The van der Waals surface area contributed by atoms with Crippen LogP contribution in [0.15, 0.2) is 36.5 Å². The lowest BCUT2D eigenvalue weighted by Crippen LogP contribution is -2.05. The van der Waals surface area contributed by atoms with Crippen molar-refractivity contribution >= 4 is 5.97 Å². The zero-order valence-corrected chi connectivity index (χ0v) is 10.5. The SMILES string of the molecule is O=C(O)Cc1cc(-c2ccc(C(F)(F)F)cc2)ncc1F. The minimum Gasteiger partial charge on any atom is -0.481 e. The molecule has 2 aromatic rings. The molecule has 0 saturated heterocycles. The summed E-state index contributed by atoms with van der Waals surface area (Å²) in [6.07, 6.45) is -4.11. The van der Waals surface area contributed by atoms with Crippen LogP contribution in [0.3, 0.4) is 0 Å². The molecular weight excluding hydrogens is 290 g/mol. The number of nitrogens with zero attached hydrogens (tertiary/aromatic N) is 1. The van der Waals surface area contributed by atoms with Crippen molar-refractivity contribution in [2.24, 2.45) is 0 Å². The molecular formula is C14H9F4NO2. The van der Waals surface area contributed by atoms with Crippen molar-refractivity contribution < 1.29 is 27.5 Å². The fourth-order valence-corrected chi connectivity index (χ4v) is 1.77. The molecule has 0 amide bonds. The number of hydrogen-bond acceptors (Lipinski definition) is 2. The third-order valence-corrected chi connectivity index (χ3v) is 2.78. The topological polar surface area (TPSA) is 50.2 Å². The maximum Gasteiger partial charge on any atom is 0.416 e. The van der Waals surface area contributed by atoms with Crippen molar-refractivity contribution in [1.82, 2.24) is 4.98 Å². The lowest BCUT2D eigenvalue weighted by molar-refractivity contribution is -0.138. The highest BCUT2D eigenvalue weighted by molar-refractivity contribution is 5.71. The standard InChI is InChI=1S/C14H9F4NO2/c15-11-7-19-12(5-9(11)6-13(20)21)8-1-3-10(4-2-8)14(16,17)18/h1-5,7H,6H2,(H,20,21). The smallest absolute Gasteiger partial charge is 0.416 e. The fraction of sp³-hybridized carbons (Fsp3) is 0.143. The quantitative estimate of drug-likeness (QED) is 0.882. The van der Waals surface area contributed by atoms with E-state index in [-0.39, 0.29) is 11.3 Å². The number of rotatable bonds is 3. The lowest BCUT2D eigenvalue weighted by Gasteiger charge is -2.08. The molecule has 0 radical (unpaired) electrons. The minimum atomic E-state index is -4.44. The van der Waals surface area contributed by atoms with Gasteiger partial charge < -0.3 is 5.11 Å². The maximum atomic E-state index is 13.4. The van der Waals surface area contributed by atoms with Gasteiger partial charge in [-0.25, -0.2) is 4.39 Å². The van der Waals surface area contributed by atoms with Crippen molar-refractivity contribution in [3.05, 3.63) is 53.5 Å². The summed E-state index contributed by atoms with van der Waals surface area (Å²) in [5.74, 6) is -1.98. The molecule has 2 rings (SSSR count). The molecule has 0 fully saturated rings. The summed E-state index contributed by atoms with van der Waals surface area (Å²) in [6, 6.07) is 5.39. The number of carbonyl (C=O) groups is 1. The summed E-state index contributed by atoms with van der Waals surface area (Å²) < 4.78 is 50.7. The van der Waals surface area contributed by atoms with Crippen LogP contribution < -0.4 is 0 Å². The Morgan fingerprint density at radius 2 is 1.81 bits per heavy atom. The maximum absolute atomic E-state index is 13.4. The van der Waals surface area contributed by atoms with Crippen molar-refractivity contribution in [2.45, 2.75) is 12.6 Å². The second-order valence-electron chi connectivity index (χ2n) is 4.31. The summed E-state index contributed by atoms with van der Waals surface area (Å²) >= 11 is 0. The summed E-state index contributed by atoms with van der Waals surface area (Å²) in [4.78, 5) is 14.4. The highest BCUT2D eigenvalue weighted by Gasteiger charge is 2.30. The van der Waals surface area contributed by atoms with Crippen molar-refractivity contribution in [3.63, 3.8) is 0 Å². The highest BCUT2D eigenvalue weighted by Crippen LogP contribution is 2.30. The van der Waals surface area contributed by atoms with E-state index in [9.17, 15) is 22.4 Å². The van der Waals surface area contributed by atoms with Crippen LogP contribution in [-0.4, -0.2) is 16.1 Å². The molecule has 0 aliphatic rings. The van der Waals surface area contributed by atoms with Gasteiger partial charge in [0, 0.05) is 11.1 Å². The van der Waals surface area contributed by atoms with Gasteiger partial charge in [0.05, 0.1) is 23.9 Å². The van der Waals surface area contributed by atoms with E-state index in [1.807, 2.05) is 0 Å². The first-order valence-corrected chi connectivity index (χ1v) is 5.81. The molecule has 110 valence electrons. The van der Waals surface area contributed by atoms with Crippen LogP contribution in [0, 0.1) is 5.82 Å². The van der Waals surface area contributed by atoms with Crippen molar-refractivity contribution in [1.29, 1.82) is 0 Å². The van der Waals surface area contributed by atoms with Gasteiger partial charge in [-0.1, -0.05) is 12.1 Å². The zero-order valence-electron chi connectivity index (χ0n) is 10.5. The van der Waals surface area contributed by atoms with Crippen molar-refractivity contribution in [3.8, 4) is 11.3 Å². The van der Waals surface area contributed by atoms with E-state index in [0.29, 0.717) is 5.56 Å². The molecule has 0 spiro atoms. The fourth-order valence-electron chi connectivity index (χ4n) is 1.77. The molecule has 21 heavy (non-hydrogen) atoms. The van der Waals surface area contributed by atoms with E-state index in [2.05, 4.69) is 4.98 Å². The van der Waals surface area contributed by atoms with Gasteiger partial charge in [-0.05, 0) is 18.2 Å². The number of carboxylic acids is 1. The molecule has 0 saturated carbocycles. The zero-order chi connectivity index (χ0) is 15.6. The number of carboxylic acid groups (broad SMARTS) is 1. The third kappa shape index (κ3) is 3.56. The van der Waals surface area contributed by atoms with Gasteiger partial charge in [0.25, 0.3) is 0 Å². The predicted molar refractivity (Wildman–Crippen MR) is 66.0 cm³/mol. The molecule has 3 nitrogen and oxygen atoms in total. The number of halogens is 4.